The Kier molecular flexibility index (Phi) is 5.08. The summed E-state index contributed by atoms with van der Waals surface area (Å²) < 4.78 is 16.1. The van der Waals surface area contributed by atoms with Gasteiger partial charge in [-0.2, -0.15) is 0 Å². The third-order valence-electron chi connectivity index (χ3n) is 4.21. The fourth-order valence-corrected chi connectivity index (χ4v) is 3.41. The summed E-state index contributed by atoms with van der Waals surface area (Å²) in [6.07, 6.45) is 1.92. The molecule has 0 saturated heterocycles. The summed E-state index contributed by atoms with van der Waals surface area (Å²) in [5, 5.41) is 3.13. The number of carbonyl (C=O) groups is 1. The van der Waals surface area contributed by atoms with Gasteiger partial charge in [-0.15, -0.1) is 0 Å². The highest BCUT2D eigenvalue weighted by molar-refractivity contribution is 7.98. The van der Waals surface area contributed by atoms with Crippen LogP contribution in [0.25, 0.3) is 0 Å². The van der Waals surface area contributed by atoms with Crippen molar-refractivity contribution in [2.75, 3.05) is 32.9 Å². The Morgan fingerprint density at radius 1 is 1.12 bits per heavy atom. The normalized spacial score (nSPS) is 15.8. The van der Waals surface area contributed by atoms with E-state index in [2.05, 4.69) is 15.3 Å². The minimum absolute atomic E-state index is 0.120. The van der Waals surface area contributed by atoms with Crippen LogP contribution in [0.3, 0.4) is 0 Å². The standard InChI is InChI=1S/C17H19N3O5S/c1-23-10-5-8(6-11(24-2)14(10)25-3)9-7-12(21)18-15-13(9)16(22)20-17(19-15)26-4/h5-6,9H,7H2,1-4H3,(H2,18,19,20,21,22). The Labute approximate surface area is 154 Å². The van der Waals surface area contributed by atoms with Crippen molar-refractivity contribution in [2.24, 2.45) is 0 Å². The zero-order valence-electron chi connectivity index (χ0n) is 14.8. The molecule has 26 heavy (non-hydrogen) atoms. The summed E-state index contributed by atoms with van der Waals surface area (Å²) >= 11 is 1.30. The Morgan fingerprint density at radius 3 is 2.31 bits per heavy atom. The zero-order valence-corrected chi connectivity index (χ0v) is 15.7. The first-order valence-corrected chi connectivity index (χ1v) is 9.02. The topological polar surface area (TPSA) is 103 Å². The van der Waals surface area contributed by atoms with Gasteiger partial charge in [-0.3, -0.25) is 9.59 Å². The molecule has 3 rings (SSSR count). The summed E-state index contributed by atoms with van der Waals surface area (Å²) in [5.74, 6) is 0.970. The Bertz CT molecular complexity index is 887. The smallest absolute Gasteiger partial charge is 0.257 e. The number of aromatic nitrogens is 2. The maximum Gasteiger partial charge on any atom is 0.257 e. The number of hydrogen-bond acceptors (Lipinski definition) is 7. The number of benzene rings is 1. The van der Waals surface area contributed by atoms with Gasteiger partial charge in [0.15, 0.2) is 16.7 Å². The van der Waals surface area contributed by atoms with Gasteiger partial charge in [0.05, 0.1) is 26.9 Å². The van der Waals surface area contributed by atoms with Crippen LogP contribution in [0.4, 0.5) is 5.82 Å². The number of rotatable bonds is 5. The number of thioether (sulfide) groups is 1. The van der Waals surface area contributed by atoms with Gasteiger partial charge in [-0.25, -0.2) is 4.98 Å². The van der Waals surface area contributed by atoms with Crippen LogP contribution < -0.4 is 25.1 Å². The van der Waals surface area contributed by atoms with Crippen LogP contribution in [0.2, 0.25) is 0 Å². The molecule has 9 heteroatoms. The van der Waals surface area contributed by atoms with Crippen molar-refractivity contribution >= 4 is 23.5 Å². The van der Waals surface area contributed by atoms with E-state index in [0.29, 0.717) is 33.5 Å². The Hall–Kier alpha value is -2.68. The van der Waals surface area contributed by atoms with E-state index < -0.39 is 5.92 Å². The number of amides is 1. The average Bonchev–Trinajstić information content (AvgIpc) is 2.65. The predicted molar refractivity (Wildman–Crippen MR) is 97.8 cm³/mol. The van der Waals surface area contributed by atoms with E-state index >= 15 is 0 Å². The van der Waals surface area contributed by atoms with Crippen LogP contribution in [0, 0.1) is 0 Å². The van der Waals surface area contributed by atoms with Crippen molar-refractivity contribution in [3.8, 4) is 17.2 Å². The third kappa shape index (κ3) is 3.10. The van der Waals surface area contributed by atoms with Crippen LogP contribution in [-0.2, 0) is 4.79 Å². The van der Waals surface area contributed by atoms with Crippen LogP contribution in [-0.4, -0.2) is 43.5 Å². The number of anilines is 1. The first-order chi connectivity index (χ1) is 12.5. The molecule has 1 aliphatic rings. The van der Waals surface area contributed by atoms with Crippen molar-refractivity contribution in [3.63, 3.8) is 0 Å². The van der Waals surface area contributed by atoms with E-state index in [1.54, 1.807) is 18.4 Å². The van der Waals surface area contributed by atoms with E-state index in [4.69, 9.17) is 14.2 Å². The number of fused-ring (bicyclic) bond motifs is 1. The van der Waals surface area contributed by atoms with Gasteiger partial charge in [-0.1, -0.05) is 11.8 Å². The number of nitrogens with one attached hydrogen (secondary N) is 2. The van der Waals surface area contributed by atoms with Crippen LogP contribution in [0.15, 0.2) is 22.1 Å². The highest BCUT2D eigenvalue weighted by Gasteiger charge is 2.32. The van der Waals surface area contributed by atoms with Gasteiger partial charge in [0.2, 0.25) is 11.7 Å². The van der Waals surface area contributed by atoms with E-state index in [1.165, 1.54) is 33.1 Å². The number of carbonyl (C=O) groups excluding carboxylic acids is 1. The van der Waals surface area contributed by atoms with E-state index in [-0.39, 0.29) is 23.7 Å². The van der Waals surface area contributed by atoms with Crippen molar-refractivity contribution in [2.45, 2.75) is 17.5 Å². The molecule has 0 bridgehead atoms. The first kappa shape index (κ1) is 18.1. The minimum Gasteiger partial charge on any atom is -0.493 e. The monoisotopic (exact) mass is 377 g/mol. The molecule has 2 heterocycles. The highest BCUT2D eigenvalue weighted by atomic mass is 32.2. The molecule has 2 aromatic rings. The number of methoxy groups -OCH3 is 3. The molecule has 0 aliphatic carbocycles. The summed E-state index contributed by atoms with van der Waals surface area (Å²) in [7, 11) is 4.55. The third-order valence-corrected chi connectivity index (χ3v) is 4.79. The quantitative estimate of drug-likeness (QED) is 0.607. The van der Waals surface area contributed by atoms with Crippen molar-refractivity contribution in [3.05, 3.63) is 33.6 Å². The van der Waals surface area contributed by atoms with Crippen LogP contribution >= 0.6 is 11.8 Å². The van der Waals surface area contributed by atoms with Gasteiger partial charge in [-0.05, 0) is 24.0 Å². The van der Waals surface area contributed by atoms with Gasteiger partial charge >= 0.3 is 0 Å². The largest absolute Gasteiger partial charge is 0.493 e. The SMILES string of the molecule is COc1cc(C2CC(=O)Nc3nc(SC)[nH]c(=O)c32)cc(OC)c1OC. The maximum atomic E-state index is 12.6. The molecule has 1 aromatic carbocycles. The number of nitrogens with zero attached hydrogens (tertiary/aromatic N) is 1. The molecule has 0 fully saturated rings. The molecular formula is C17H19N3O5S. The van der Waals surface area contributed by atoms with E-state index in [1.807, 2.05) is 0 Å². The average molecular weight is 377 g/mol. The van der Waals surface area contributed by atoms with Crippen LogP contribution in [0.1, 0.15) is 23.5 Å². The molecule has 8 nitrogen and oxygen atoms in total. The second-order valence-electron chi connectivity index (χ2n) is 5.60. The first-order valence-electron chi connectivity index (χ1n) is 7.80. The Balaban J connectivity index is 2.20. The molecule has 0 radical (unpaired) electrons. The van der Waals surface area contributed by atoms with E-state index in [0.717, 1.165) is 0 Å². The molecule has 2 N–H and O–H groups in total. The highest BCUT2D eigenvalue weighted by Crippen LogP contribution is 2.43. The minimum atomic E-state index is -0.473. The lowest BCUT2D eigenvalue weighted by Gasteiger charge is -2.25. The molecule has 0 spiro atoms. The van der Waals surface area contributed by atoms with Crippen LogP contribution in [0.5, 0.6) is 17.2 Å². The summed E-state index contributed by atoms with van der Waals surface area (Å²) in [6.45, 7) is 0. The molecular weight excluding hydrogens is 358 g/mol. The fourth-order valence-electron chi connectivity index (χ4n) is 3.03. The van der Waals surface area contributed by atoms with Crippen molar-refractivity contribution < 1.29 is 19.0 Å². The number of hydrogen-bond donors (Lipinski definition) is 2. The molecule has 1 aromatic heterocycles. The predicted octanol–water partition coefficient (Wildman–Crippen LogP) is 1.99. The molecule has 1 atom stereocenters. The molecule has 1 amide bonds. The zero-order chi connectivity index (χ0) is 18.8. The number of H-pyrrole nitrogens is 1. The molecule has 1 aliphatic heterocycles. The second kappa shape index (κ2) is 7.28. The van der Waals surface area contributed by atoms with E-state index in [9.17, 15) is 9.59 Å². The van der Waals surface area contributed by atoms with Crippen molar-refractivity contribution in [1.29, 1.82) is 0 Å². The maximum absolute atomic E-state index is 12.6. The van der Waals surface area contributed by atoms with Crippen molar-refractivity contribution in [1.82, 2.24) is 9.97 Å². The fraction of sp³-hybridized carbons (Fsp3) is 0.353. The van der Waals surface area contributed by atoms with Gasteiger partial charge in [0.25, 0.3) is 5.56 Å². The van der Waals surface area contributed by atoms with Gasteiger partial charge in [0.1, 0.15) is 5.82 Å². The molecule has 1 unspecified atom stereocenters. The Morgan fingerprint density at radius 2 is 1.77 bits per heavy atom. The summed E-state index contributed by atoms with van der Waals surface area (Å²) in [4.78, 5) is 31.9. The molecule has 138 valence electrons. The lowest BCUT2D eigenvalue weighted by molar-refractivity contribution is -0.116. The lowest BCUT2D eigenvalue weighted by atomic mass is 9.86. The molecule has 0 saturated carbocycles. The summed E-state index contributed by atoms with van der Waals surface area (Å²) in [6, 6.07) is 3.49. The number of aromatic amines is 1. The summed E-state index contributed by atoms with van der Waals surface area (Å²) in [5.41, 5.74) is 0.842. The lowest BCUT2D eigenvalue weighted by Crippen LogP contribution is -2.31. The van der Waals surface area contributed by atoms with Gasteiger partial charge < -0.3 is 24.5 Å². The number of ether oxygens (including phenoxy) is 3. The second-order valence-corrected chi connectivity index (χ2v) is 6.40. The van der Waals surface area contributed by atoms with Gasteiger partial charge in [0, 0.05) is 12.3 Å².